The first-order valence-corrected chi connectivity index (χ1v) is 21.0. The molecule has 1 amide bonds. The summed E-state index contributed by atoms with van der Waals surface area (Å²) in [6.45, 7) is 15.2. The molecule has 0 aliphatic carbocycles. The van der Waals surface area contributed by atoms with Crippen molar-refractivity contribution in [3.05, 3.63) is 69.3 Å². The zero-order valence-corrected chi connectivity index (χ0v) is 35.7. The molecule has 7 N–H and O–H groups in total. The van der Waals surface area contributed by atoms with Gasteiger partial charge in [-0.05, 0) is 112 Å². The second-order valence-electron chi connectivity index (χ2n) is 16.4. The third kappa shape index (κ3) is 9.35. The number of hydrogen-bond acceptors (Lipinski definition) is 11. The highest BCUT2D eigenvalue weighted by molar-refractivity contribution is 5.93. The van der Waals surface area contributed by atoms with Gasteiger partial charge in [-0.15, -0.1) is 0 Å². The molecule has 0 aromatic carbocycles. The molecular weight excluding hydrogens is 755 g/mol. The van der Waals surface area contributed by atoms with Crippen LogP contribution >= 0.6 is 0 Å². The van der Waals surface area contributed by atoms with E-state index in [2.05, 4.69) is 75.8 Å². The lowest BCUT2D eigenvalue weighted by Gasteiger charge is -2.39. The van der Waals surface area contributed by atoms with Gasteiger partial charge in [0.2, 0.25) is 5.91 Å². The van der Waals surface area contributed by atoms with Gasteiger partial charge in [-0.1, -0.05) is 13.8 Å². The van der Waals surface area contributed by atoms with E-state index < -0.39 is 37.3 Å². The summed E-state index contributed by atoms with van der Waals surface area (Å²) in [5, 5.41) is 49.4. The number of aliphatic hydroxyl groups excluding tert-OH is 5. The Morgan fingerprint density at radius 3 is 2.32 bits per heavy atom. The van der Waals surface area contributed by atoms with Crippen LogP contribution < -0.4 is 0 Å². The standard InChI is InChI=1S/C45H63N5O9/c1-9-29-24(3)33-21-37-40(28(7)57-16-11-17-58-45-44(56)43(55)42(54)38(22-52)59-45)26(5)35(48-37)20-34-25(4)30(12-13-39(53)50(8)14-10-15-51)41(49-34)27(6)32-18-23(2)31(46-32)19-36(29)47-33/h18-21,25,28,30,38,42-46,48,51-52,54-56H,9-17,22H2,1-8H3/t25-,28?,30-,38+,42+,43-,44+,45+/m0/s1. The Hall–Kier alpha value is -3.99. The minimum atomic E-state index is -1.50. The molecule has 14 nitrogen and oxygen atoms in total. The lowest BCUT2D eigenvalue weighted by Crippen LogP contribution is -2.59. The number of rotatable bonds is 15. The molecule has 3 aliphatic rings. The molecule has 6 heterocycles. The third-order valence-corrected chi connectivity index (χ3v) is 12.4. The highest BCUT2D eigenvalue weighted by Gasteiger charge is 2.44. The van der Waals surface area contributed by atoms with Crippen molar-refractivity contribution in [2.24, 2.45) is 0 Å². The van der Waals surface area contributed by atoms with E-state index in [0.717, 1.165) is 79.1 Å². The largest absolute Gasteiger partial charge is 0.396 e. The van der Waals surface area contributed by atoms with Crippen molar-refractivity contribution >= 4 is 39.1 Å². The van der Waals surface area contributed by atoms with Crippen LogP contribution in [0.5, 0.6) is 0 Å². The van der Waals surface area contributed by atoms with Gasteiger partial charge in [-0.3, -0.25) is 9.78 Å². The second-order valence-corrected chi connectivity index (χ2v) is 16.4. The maximum absolute atomic E-state index is 13.2. The molecule has 3 aliphatic heterocycles. The number of H-pyrrole nitrogens is 2. The molecule has 3 aromatic rings. The van der Waals surface area contributed by atoms with E-state index in [1.54, 1.807) is 11.9 Å². The smallest absolute Gasteiger partial charge is 0.222 e. The van der Waals surface area contributed by atoms with Crippen LogP contribution in [0.1, 0.15) is 123 Å². The van der Waals surface area contributed by atoms with E-state index in [9.17, 15) is 30.3 Å². The van der Waals surface area contributed by atoms with Crippen LogP contribution in [-0.2, 0) is 19.0 Å². The van der Waals surface area contributed by atoms with E-state index in [1.165, 1.54) is 5.57 Å². The van der Waals surface area contributed by atoms with E-state index in [-0.39, 0.29) is 37.1 Å². The molecule has 1 unspecified atom stereocenters. The molecule has 8 atom stereocenters. The average Bonchev–Trinajstić information content (AvgIpc) is 3.92. The molecule has 6 rings (SSSR count). The number of allylic oxidation sites excluding steroid dienone is 2. The molecule has 322 valence electrons. The molecule has 3 aromatic heterocycles. The van der Waals surface area contributed by atoms with Crippen LogP contribution in [0.4, 0.5) is 0 Å². The van der Waals surface area contributed by atoms with Gasteiger partial charge in [0.15, 0.2) is 6.29 Å². The summed E-state index contributed by atoms with van der Waals surface area (Å²) < 4.78 is 17.6. The summed E-state index contributed by atoms with van der Waals surface area (Å²) in [7, 11) is 1.79. The van der Waals surface area contributed by atoms with Gasteiger partial charge in [0.05, 0.1) is 30.7 Å². The van der Waals surface area contributed by atoms with Gasteiger partial charge in [0.1, 0.15) is 24.4 Å². The van der Waals surface area contributed by atoms with Crippen molar-refractivity contribution < 1.29 is 44.5 Å². The van der Waals surface area contributed by atoms with Crippen molar-refractivity contribution in [2.45, 2.75) is 129 Å². The predicted octanol–water partition coefficient (Wildman–Crippen LogP) is 5.37. The molecular formula is C45H63N5O9. The summed E-state index contributed by atoms with van der Waals surface area (Å²) in [6, 6.07) is 8.53. The van der Waals surface area contributed by atoms with E-state index in [1.807, 2.05) is 6.92 Å². The molecule has 59 heavy (non-hydrogen) atoms. The Balaban J connectivity index is 1.37. The number of hydrogen-bond donors (Lipinski definition) is 7. The van der Waals surface area contributed by atoms with E-state index in [0.29, 0.717) is 38.8 Å². The van der Waals surface area contributed by atoms with Crippen molar-refractivity contribution in [3.63, 3.8) is 0 Å². The van der Waals surface area contributed by atoms with Gasteiger partial charge >= 0.3 is 0 Å². The van der Waals surface area contributed by atoms with Crippen molar-refractivity contribution in [1.82, 2.24) is 24.8 Å². The Bertz CT molecular complexity index is 2180. The topological polar surface area (TPSA) is 207 Å². The lowest BCUT2D eigenvalue weighted by atomic mass is 9.86. The summed E-state index contributed by atoms with van der Waals surface area (Å²) in [4.78, 5) is 32.8. The summed E-state index contributed by atoms with van der Waals surface area (Å²) in [6.07, 6.45) is -4.18. The third-order valence-electron chi connectivity index (χ3n) is 12.4. The monoisotopic (exact) mass is 817 g/mol. The highest BCUT2D eigenvalue weighted by atomic mass is 16.7. The summed E-state index contributed by atoms with van der Waals surface area (Å²) in [5.74, 6) is 0.0796. The molecule has 1 saturated heterocycles. The molecule has 1 fully saturated rings. The van der Waals surface area contributed by atoms with Crippen molar-refractivity contribution in [3.8, 4) is 0 Å². The van der Waals surface area contributed by atoms with Crippen molar-refractivity contribution in [2.75, 3.05) is 40.0 Å². The number of aromatic nitrogens is 4. The van der Waals surface area contributed by atoms with Gasteiger partial charge in [-0.2, -0.15) is 0 Å². The Labute approximate surface area is 346 Å². The van der Waals surface area contributed by atoms with Crippen LogP contribution in [0.25, 0.3) is 33.2 Å². The zero-order chi connectivity index (χ0) is 42.7. The Morgan fingerprint density at radius 2 is 1.61 bits per heavy atom. The number of amides is 1. The first kappa shape index (κ1) is 44.6. The van der Waals surface area contributed by atoms with E-state index in [4.69, 9.17) is 24.2 Å². The van der Waals surface area contributed by atoms with Gasteiger partial charge in [-0.25, -0.2) is 4.98 Å². The number of aryl methyl sites for hydroxylation is 3. The van der Waals surface area contributed by atoms with Crippen LogP contribution in [0.15, 0.2) is 24.3 Å². The van der Waals surface area contributed by atoms with Crippen LogP contribution in [0.2, 0.25) is 0 Å². The summed E-state index contributed by atoms with van der Waals surface area (Å²) >= 11 is 0. The first-order chi connectivity index (χ1) is 28.2. The normalized spacial score (nSPS) is 23.8. The molecule has 0 spiro atoms. The van der Waals surface area contributed by atoms with Crippen LogP contribution in [0.3, 0.4) is 0 Å². The maximum atomic E-state index is 13.2. The minimum absolute atomic E-state index is 0.00427. The predicted molar refractivity (Wildman–Crippen MR) is 226 cm³/mol. The maximum Gasteiger partial charge on any atom is 0.222 e. The fourth-order valence-electron chi connectivity index (χ4n) is 8.64. The van der Waals surface area contributed by atoms with Gasteiger partial charge in [0.25, 0.3) is 0 Å². The van der Waals surface area contributed by atoms with E-state index >= 15 is 0 Å². The van der Waals surface area contributed by atoms with Gasteiger partial charge in [0, 0.05) is 84.1 Å². The Morgan fingerprint density at radius 1 is 0.898 bits per heavy atom. The number of aromatic amines is 2. The van der Waals surface area contributed by atoms with Gasteiger partial charge < -0.3 is 54.6 Å². The number of ether oxygens (including phenoxy) is 3. The minimum Gasteiger partial charge on any atom is -0.396 e. The van der Waals surface area contributed by atoms with Crippen molar-refractivity contribution in [1.29, 1.82) is 0 Å². The fourth-order valence-corrected chi connectivity index (χ4v) is 8.64. The first-order valence-electron chi connectivity index (χ1n) is 21.0. The number of nitrogens with zero attached hydrogens (tertiary/aromatic N) is 3. The molecule has 0 radical (unpaired) electrons. The fraction of sp³-hybridized carbons (Fsp3) is 0.578. The molecule has 14 heteroatoms. The molecule has 0 saturated carbocycles. The number of nitrogens with one attached hydrogen (secondary N) is 2. The number of carbonyl (C=O) groups is 1. The van der Waals surface area contributed by atoms with Crippen LogP contribution in [-0.4, -0.2) is 127 Å². The number of fused-ring (bicyclic) bond motifs is 8. The summed E-state index contributed by atoms with van der Waals surface area (Å²) in [5.41, 5.74) is 13.9. The quantitative estimate of drug-likeness (QED) is 0.0971. The lowest BCUT2D eigenvalue weighted by molar-refractivity contribution is -0.301. The zero-order valence-electron chi connectivity index (χ0n) is 35.7. The second kappa shape index (κ2) is 19.2. The Kier molecular flexibility index (Phi) is 14.5. The number of aliphatic hydroxyl groups is 5. The average molecular weight is 818 g/mol. The highest BCUT2D eigenvalue weighted by Crippen LogP contribution is 2.42. The van der Waals surface area contributed by atoms with Crippen LogP contribution in [0, 0.1) is 20.8 Å². The molecule has 8 bridgehead atoms. The number of carbonyl (C=O) groups excluding carboxylic acids is 1. The SMILES string of the molecule is CCC1=C(C)c2cc3[nH]c(cc4nc(c(C)c5cc(C)c(cc1n2)[nH]5)[C@@H](CCC(=O)N(C)CCCO)[C@@H]4C)c(C)c3C(C)OCCCO[C@@H]1O[C@H](CO)[C@@H](O)[C@H](O)[C@H]1O.